The summed E-state index contributed by atoms with van der Waals surface area (Å²) in [6.45, 7) is 9.05. The molecule has 1 aliphatic rings. The Kier molecular flexibility index (Phi) is 2.50. The number of fused-ring (bicyclic) bond motifs is 1. The van der Waals surface area contributed by atoms with Gasteiger partial charge in [-0.25, -0.2) is 0 Å². The Labute approximate surface area is 113 Å². The molecule has 0 amide bonds. The van der Waals surface area contributed by atoms with Crippen LogP contribution in [-0.2, 0) is 5.41 Å². The van der Waals surface area contributed by atoms with Crippen LogP contribution in [-0.4, -0.2) is 10.2 Å². The van der Waals surface area contributed by atoms with Crippen molar-refractivity contribution >= 4 is 22.5 Å². The first-order valence-electron chi connectivity index (χ1n) is 6.55. The Morgan fingerprint density at radius 3 is 2.61 bits per heavy atom. The van der Waals surface area contributed by atoms with Crippen LogP contribution in [0.25, 0.3) is 10.9 Å². The van der Waals surface area contributed by atoms with Gasteiger partial charge >= 0.3 is 0 Å². The molecule has 0 spiro atoms. The van der Waals surface area contributed by atoms with Crippen molar-refractivity contribution < 1.29 is 0 Å². The van der Waals surface area contributed by atoms with Crippen LogP contribution in [0.5, 0.6) is 0 Å². The summed E-state index contributed by atoms with van der Waals surface area (Å²) in [5.74, 6) is 1.39. The molecule has 1 aromatic carbocycles. The normalized spacial score (nSPS) is 23.6. The molecule has 1 N–H and O–H groups in total. The molecule has 2 nitrogen and oxygen atoms in total. The van der Waals surface area contributed by atoms with Crippen molar-refractivity contribution in [3.05, 3.63) is 28.4 Å². The van der Waals surface area contributed by atoms with E-state index in [1.807, 2.05) is 12.3 Å². The first kappa shape index (κ1) is 12.0. The average molecular weight is 263 g/mol. The summed E-state index contributed by atoms with van der Waals surface area (Å²) in [5.41, 5.74) is 3.85. The number of nitrogens with one attached hydrogen (secondary N) is 1. The van der Waals surface area contributed by atoms with Crippen LogP contribution in [0.15, 0.2) is 12.3 Å². The Morgan fingerprint density at radius 1 is 1.39 bits per heavy atom. The van der Waals surface area contributed by atoms with E-state index in [-0.39, 0.29) is 5.41 Å². The number of hydrogen-bond donors (Lipinski definition) is 1. The first-order chi connectivity index (χ1) is 8.39. The van der Waals surface area contributed by atoms with Gasteiger partial charge in [0.25, 0.3) is 0 Å². The van der Waals surface area contributed by atoms with Gasteiger partial charge in [0.15, 0.2) is 0 Å². The quantitative estimate of drug-likeness (QED) is 0.797. The van der Waals surface area contributed by atoms with Gasteiger partial charge in [0.2, 0.25) is 0 Å². The standard InChI is InChI=1S/C15H19ClN2/c1-8-5-9(8)13-11(16)6-12-10(7-17-18-12)14(13)15(2,3)4/h6-9H,5H2,1-4H3,(H,17,18)/t8-,9+/m0/s1. The monoisotopic (exact) mass is 262 g/mol. The summed E-state index contributed by atoms with van der Waals surface area (Å²) in [6.07, 6.45) is 3.19. The fourth-order valence-electron chi connectivity index (χ4n) is 2.97. The third kappa shape index (κ3) is 1.74. The summed E-state index contributed by atoms with van der Waals surface area (Å²) in [5, 5.41) is 9.33. The summed E-state index contributed by atoms with van der Waals surface area (Å²) in [7, 11) is 0. The van der Waals surface area contributed by atoms with Gasteiger partial charge in [-0.2, -0.15) is 5.10 Å². The summed E-state index contributed by atoms with van der Waals surface area (Å²) < 4.78 is 0. The van der Waals surface area contributed by atoms with Crippen LogP contribution < -0.4 is 0 Å². The highest BCUT2D eigenvalue weighted by Crippen LogP contribution is 2.53. The lowest BCUT2D eigenvalue weighted by Gasteiger charge is -2.25. The highest BCUT2D eigenvalue weighted by Gasteiger charge is 2.39. The van der Waals surface area contributed by atoms with E-state index < -0.39 is 0 Å². The van der Waals surface area contributed by atoms with Crippen molar-refractivity contribution in [3.63, 3.8) is 0 Å². The zero-order chi connectivity index (χ0) is 13.1. The third-order valence-corrected chi connectivity index (χ3v) is 4.28. The zero-order valence-electron chi connectivity index (χ0n) is 11.3. The van der Waals surface area contributed by atoms with Gasteiger partial charge in [-0.15, -0.1) is 0 Å². The second kappa shape index (κ2) is 3.74. The highest BCUT2D eigenvalue weighted by molar-refractivity contribution is 6.32. The molecule has 3 heteroatoms. The lowest BCUT2D eigenvalue weighted by atomic mass is 9.80. The van der Waals surface area contributed by atoms with Crippen molar-refractivity contribution in [2.75, 3.05) is 0 Å². The van der Waals surface area contributed by atoms with E-state index >= 15 is 0 Å². The molecule has 0 unspecified atom stereocenters. The molecule has 0 saturated heterocycles. The maximum atomic E-state index is 6.52. The molecule has 0 bridgehead atoms. The van der Waals surface area contributed by atoms with E-state index in [4.69, 9.17) is 11.6 Å². The second-order valence-electron chi connectivity index (χ2n) is 6.55. The largest absolute Gasteiger partial charge is 0.278 e. The average Bonchev–Trinajstić information content (AvgIpc) is 2.78. The SMILES string of the molecule is C[C@H]1C[C@H]1c1c(Cl)cc2[nH]ncc2c1C(C)(C)C. The Morgan fingerprint density at radius 2 is 2.06 bits per heavy atom. The van der Waals surface area contributed by atoms with Crippen LogP contribution in [0.3, 0.4) is 0 Å². The smallest absolute Gasteiger partial charge is 0.0668 e. The molecular weight excluding hydrogens is 244 g/mol. The van der Waals surface area contributed by atoms with Gasteiger partial charge in [0.05, 0.1) is 11.7 Å². The molecule has 1 aromatic heterocycles. The van der Waals surface area contributed by atoms with Crippen LogP contribution >= 0.6 is 11.6 Å². The molecule has 1 heterocycles. The number of aromatic amines is 1. The van der Waals surface area contributed by atoms with Crippen LogP contribution in [0.2, 0.25) is 5.02 Å². The summed E-state index contributed by atoms with van der Waals surface area (Å²) >= 11 is 6.52. The van der Waals surface area contributed by atoms with Crippen LogP contribution in [0, 0.1) is 5.92 Å². The maximum absolute atomic E-state index is 6.52. The molecule has 1 fully saturated rings. The van der Waals surface area contributed by atoms with Crippen molar-refractivity contribution in [2.45, 2.75) is 45.4 Å². The minimum Gasteiger partial charge on any atom is -0.278 e. The van der Waals surface area contributed by atoms with Gasteiger partial charge in [-0.3, -0.25) is 5.10 Å². The molecule has 96 valence electrons. The molecule has 0 radical (unpaired) electrons. The Hall–Kier alpha value is -1.02. The fraction of sp³-hybridized carbons (Fsp3) is 0.533. The topological polar surface area (TPSA) is 28.7 Å². The van der Waals surface area contributed by atoms with Crippen molar-refractivity contribution in [2.24, 2.45) is 5.92 Å². The predicted octanol–water partition coefficient (Wildman–Crippen LogP) is 4.64. The number of aromatic nitrogens is 2. The van der Waals surface area contributed by atoms with E-state index in [0.29, 0.717) is 5.92 Å². The molecule has 2 atom stereocenters. The lowest BCUT2D eigenvalue weighted by molar-refractivity contribution is 0.587. The Balaban J connectivity index is 2.35. The molecule has 2 aromatic rings. The van der Waals surface area contributed by atoms with Gasteiger partial charge in [-0.05, 0) is 40.9 Å². The number of H-pyrrole nitrogens is 1. The van der Waals surface area contributed by atoms with Gasteiger partial charge in [-0.1, -0.05) is 39.3 Å². The fourth-order valence-corrected chi connectivity index (χ4v) is 3.31. The third-order valence-electron chi connectivity index (χ3n) is 3.97. The number of nitrogens with zero attached hydrogens (tertiary/aromatic N) is 1. The molecule has 0 aliphatic heterocycles. The van der Waals surface area contributed by atoms with E-state index in [1.54, 1.807) is 0 Å². The molecule has 1 aliphatic carbocycles. The molecule has 3 rings (SSSR count). The van der Waals surface area contributed by atoms with Gasteiger partial charge in [0.1, 0.15) is 0 Å². The lowest BCUT2D eigenvalue weighted by Crippen LogP contribution is -2.15. The number of rotatable bonds is 1. The summed E-state index contributed by atoms with van der Waals surface area (Å²) in [6, 6.07) is 2.03. The van der Waals surface area contributed by atoms with E-state index in [0.717, 1.165) is 16.5 Å². The van der Waals surface area contributed by atoms with E-state index in [9.17, 15) is 0 Å². The summed E-state index contributed by atoms with van der Waals surface area (Å²) in [4.78, 5) is 0. The number of benzene rings is 1. The van der Waals surface area contributed by atoms with Crippen LogP contribution in [0.1, 0.15) is 51.2 Å². The maximum Gasteiger partial charge on any atom is 0.0668 e. The number of hydrogen-bond acceptors (Lipinski definition) is 1. The zero-order valence-corrected chi connectivity index (χ0v) is 12.1. The van der Waals surface area contributed by atoms with E-state index in [1.165, 1.54) is 22.9 Å². The van der Waals surface area contributed by atoms with Crippen LogP contribution in [0.4, 0.5) is 0 Å². The minimum absolute atomic E-state index is 0.0880. The Bertz CT molecular complexity index is 607. The molecule has 18 heavy (non-hydrogen) atoms. The highest BCUT2D eigenvalue weighted by atomic mass is 35.5. The van der Waals surface area contributed by atoms with E-state index in [2.05, 4.69) is 37.9 Å². The molecular formula is C15H19ClN2. The van der Waals surface area contributed by atoms with Gasteiger partial charge in [0, 0.05) is 10.4 Å². The predicted molar refractivity (Wildman–Crippen MR) is 76.3 cm³/mol. The first-order valence-corrected chi connectivity index (χ1v) is 6.93. The second-order valence-corrected chi connectivity index (χ2v) is 6.95. The molecule has 1 saturated carbocycles. The van der Waals surface area contributed by atoms with Gasteiger partial charge < -0.3 is 0 Å². The minimum atomic E-state index is 0.0880. The number of halogens is 1. The van der Waals surface area contributed by atoms with Crippen molar-refractivity contribution in [1.29, 1.82) is 0 Å². The van der Waals surface area contributed by atoms with Crippen molar-refractivity contribution in [1.82, 2.24) is 10.2 Å². The van der Waals surface area contributed by atoms with Crippen molar-refractivity contribution in [3.8, 4) is 0 Å².